The fourth-order valence-electron chi connectivity index (χ4n) is 1.78. The first kappa shape index (κ1) is 11.7. The monoisotopic (exact) mass is 232 g/mol. The number of methoxy groups -OCH3 is 1. The summed E-state index contributed by atoms with van der Waals surface area (Å²) in [5, 5.41) is 10.2. The highest BCUT2D eigenvalue weighted by atomic mass is 16.5. The summed E-state index contributed by atoms with van der Waals surface area (Å²) in [6, 6.07) is 11.1. The van der Waals surface area contributed by atoms with Crippen LogP contribution < -0.4 is 4.74 Å². The van der Waals surface area contributed by atoms with Crippen LogP contribution in [0.15, 0.2) is 40.8 Å². The van der Waals surface area contributed by atoms with E-state index >= 15 is 0 Å². The van der Waals surface area contributed by atoms with Crippen molar-refractivity contribution < 1.29 is 14.3 Å². The van der Waals surface area contributed by atoms with Crippen LogP contribution in [0.3, 0.4) is 0 Å². The molecular weight excluding hydrogens is 216 g/mol. The fourth-order valence-corrected chi connectivity index (χ4v) is 1.78. The van der Waals surface area contributed by atoms with Crippen molar-refractivity contribution in [1.82, 2.24) is 0 Å². The third-order valence-corrected chi connectivity index (χ3v) is 2.73. The Hall–Kier alpha value is -1.74. The van der Waals surface area contributed by atoms with E-state index in [4.69, 9.17) is 9.15 Å². The molecule has 0 amide bonds. The van der Waals surface area contributed by atoms with Gasteiger partial charge in [-0.2, -0.15) is 0 Å². The maximum atomic E-state index is 10.2. The smallest absolute Gasteiger partial charge is 0.140 e. The molecular formula is C14H16O3. The Balaban J connectivity index is 2.32. The van der Waals surface area contributed by atoms with Crippen LogP contribution in [0.4, 0.5) is 0 Å². The molecule has 1 unspecified atom stereocenters. The summed E-state index contributed by atoms with van der Waals surface area (Å²) >= 11 is 0. The Morgan fingerprint density at radius 2 is 2.00 bits per heavy atom. The Morgan fingerprint density at radius 1 is 1.24 bits per heavy atom. The first-order valence-electron chi connectivity index (χ1n) is 5.65. The molecule has 0 saturated heterocycles. The molecule has 0 bridgehead atoms. The average molecular weight is 232 g/mol. The van der Waals surface area contributed by atoms with E-state index in [9.17, 15) is 5.11 Å². The van der Waals surface area contributed by atoms with Crippen LogP contribution in [0.1, 0.15) is 30.1 Å². The molecule has 1 heterocycles. The van der Waals surface area contributed by atoms with Crippen molar-refractivity contribution in [2.45, 2.75) is 19.4 Å². The van der Waals surface area contributed by atoms with Crippen molar-refractivity contribution >= 4 is 0 Å². The Kier molecular flexibility index (Phi) is 3.49. The van der Waals surface area contributed by atoms with Crippen molar-refractivity contribution in [2.75, 3.05) is 7.11 Å². The predicted octanol–water partition coefficient (Wildman–Crippen LogP) is 2.93. The van der Waals surface area contributed by atoms with Crippen molar-refractivity contribution in [1.29, 1.82) is 0 Å². The number of furan rings is 1. The van der Waals surface area contributed by atoms with Gasteiger partial charge in [-0.1, -0.05) is 25.1 Å². The van der Waals surface area contributed by atoms with Gasteiger partial charge >= 0.3 is 0 Å². The van der Waals surface area contributed by atoms with E-state index in [1.807, 2.05) is 37.3 Å². The highest BCUT2D eigenvalue weighted by Gasteiger charge is 2.18. The number of para-hydroxylation sites is 1. The van der Waals surface area contributed by atoms with Crippen molar-refractivity contribution in [3.63, 3.8) is 0 Å². The van der Waals surface area contributed by atoms with Crippen molar-refractivity contribution in [3.8, 4) is 5.75 Å². The molecule has 2 rings (SSSR count). The van der Waals surface area contributed by atoms with Crippen LogP contribution in [-0.2, 0) is 6.42 Å². The van der Waals surface area contributed by atoms with E-state index in [0.717, 1.165) is 12.2 Å². The Morgan fingerprint density at radius 3 is 2.65 bits per heavy atom. The predicted molar refractivity (Wildman–Crippen MR) is 65.1 cm³/mol. The summed E-state index contributed by atoms with van der Waals surface area (Å²) in [5.74, 6) is 2.08. The van der Waals surface area contributed by atoms with Gasteiger partial charge in [0.25, 0.3) is 0 Å². The highest BCUT2D eigenvalue weighted by Crippen LogP contribution is 2.30. The average Bonchev–Trinajstić information content (AvgIpc) is 2.86. The zero-order chi connectivity index (χ0) is 12.3. The molecule has 0 aliphatic heterocycles. The molecule has 0 fully saturated rings. The Labute approximate surface area is 101 Å². The summed E-state index contributed by atoms with van der Waals surface area (Å²) in [6.07, 6.45) is 0.0324. The second kappa shape index (κ2) is 5.06. The normalized spacial score (nSPS) is 12.4. The van der Waals surface area contributed by atoms with Gasteiger partial charge in [0, 0.05) is 12.0 Å². The lowest BCUT2D eigenvalue weighted by Crippen LogP contribution is -2.00. The second-order valence-electron chi connectivity index (χ2n) is 3.80. The van der Waals surface area contributed by atoms with Gasteiger partial charge in [0.1, 0.15) is 23.4 Å². The Bertz CT molecular complexity index is 488. The number of aryl methyl sites for hydroxylation is 1. The lowest BCUT2D eigenvalue weighted by atomic mass is 10.1. The van der Waals surface area contributed by atoms with E-state index in [2.05, 4.69) is 0 Å². The molecule has 0 aliphatic rings. The van der Waals surface area contributed by atoms with Gasteiger partial charge in [0.2, 0.25) is 0 Å². The molecule has 90 valence electrons. The van der Waals surface area contributed by atoms with Crippen molar-refractivity contribution in [3.05, 3.63) is 53.5 Å². The van der Waals surface area contributed by atoms with Crippen LogP contribution in [0.2, 0.25) is 0 Å². The molecule has 0 spiro atoms. The summed E-state index contributed by atoms with van der Waals surface area (Å²) in [6.45, 7) is 2.01. The molecule has 0 radical (unpaired) electrons. The summed E-state index contributed by atoms with van der Waals surface area (Å²) in [4.78, 5) is 0. The quantitative estimate of drug-likeness (QED) is 0.881. The zero-order valence-corrected chi connectivity index (χ0v) is 10.0. The molecule has 1 aromatic carbocycles. The number of hydrogen-bond donors (Lipinski definition) is 1. The molecule has 0 aliphatic carbocycles. The highest BCUT2D eigenvalue weighted by molar-refractivity contribution is 5.38. The molecule has 1 N–H and O–H groups in total. The number of rotatable bonds is 4. The van der Waals surface area contributed by atoms with E-state index < -0.39 is 6.10 Å². The van der Waals surface area contributed by atoms with Gasteiger partial charge in [-0.15, -0.1) is 0 Å². The lowest BCUT2D eigenvalue weighted by molar-refractivity contribution is 0.182. The lowest BCUT2D eigenvalue weighted by Gasteiger charge is -2.12. The summed E-state index contributed by atoms with van der Waals surface area (Å²) in [5.41, 5.74) is 0.715. The van der Waals surface area contributed by atoms with E-state index in [1.54, 1.807) is 13.2 Å². The molecule has 1 aromatic heterocycles. The maximum Gasteiger partial charge on any atom is 0.140 e. The number of benzene rings is 1. The second-order valence-corrected chi connectivity index (χ2v) is 3.80. The molecule has 17 heavy (non-hydrogen) atoms. The number of aliphatic hydroxyl groups is 1. The van der Waals surface area contributed by atoms with Crippen LogP contribution in [0.25, 0.3) is 0 Å². The van der Waals surface area contributed by atoms with Gasteiger partial charge in [0.15, 0.2) is 0 Å². The molecule has 1 atom stereocenters. The van der Waals surface area contributed by atoms with Crippen LogP contribution in [0.5, 0.6) is 5.75 Å². The first-order chi connectivity index (χ1) is 8.26. The van der Waals surface area contributed by atoms with Crippen LogP contribution in [0, 0.1) is 0 Å². The topological polar surface area (TPSA) is 42.6 Å². The molecule has 0 saturated carbocycles. The standard InChI is InChI=1S/C14H16O3/c1-3-10-8-9-13(17-10)14(15)11-6-4-5-7-12(11)16-2/h4-9,14-15H,3H2,1-2H3. The maximum absolute atomic E-state index is 10.2. The van der Waals surface area contributed by atoms with Gasteiger partial charge < -0.3 is 14.3 Å². The van der Waals surface area contributed by atoms with Gasteiger partial charge in [-0.3, -0.25) is 0 Å². The molecule has 3 heteroatoms. The van der Waals surface area contributed by atoms with Crippen LogP contribution >= 0.6 is 0 Å². The van der Waals surface area contributed by atoms with Crippen molar-refractivity contribution in [2.24, 2.45) is 0 Å². The minimum atomic E-state index is -0.786. The third-order valence-electron chi connectivity index (χ3n) is 2.73. The SMILES string of the molecule is CCc1ccc(C(O)c2ccccc2OC)o1. The minimum absolute atomic E-state index is 0.548. The summed E-state index contributed by atoms with van der Waals surface area (Å²) in [7, 11) is 1.59. The number of ether oxygens (including phenoxy) is 1. The first-order valence-corrected chi connectivity index (χ1v) is 5.65. The van der Waals surface area contributed by atoms with Gasteiger partial charge in [-0.25, -0.2) is 0 Å². The minimum Gasteiger partial charge on any atom is -0.496 e. The van der Waals surface area contributed by atoms with E-state index in [1.165, 1.54) is 0 Å². The number of hydrogen-bond acceptors (Lipinski definition) is 3. The number of aliphatic hydroxyl groups excluding tert-OH is 1. The van der Waals surface area contributed by atoms with Crippen LogP contribution in [-0.4, -0.2) is 12.2 Å². The third kappa shape index (κ3) is 2.34. The van der Waals surface area contributed by atoms with Gasteiger partial charge in [0.05, 0.1) is 7.11 Å². The summed E-state index contributed by atoms with van der Waals surface area (Å²) < 4.78 is 10.8. The fraction of sp³-hybridized carbons (Fsp3) is 0.286. The van der Waals surface area contributed by atoms with Gasteiger partial charge in [-0.05, 0) is 18.2 Å². The largest absolute Gasteiger partial charge is 0.496 e. The zero-order valence-electron chi connectivity index (χ0n) is 10.0. The van der Waals surface area contributed by atoms with E-state index in [0.29, 0.717) is 17.1 Å². The molecule has 3 nitrogen and oxygen atoms in total. The van der Waals surface area contributed by atoms with E-state index in [-0.39, 0.29) is 0 Å². The molecule has 2 aromatic rings.